The number of nitrogens with zero attached hydrogens (tertiary/aromatic N) is 1. The highest BCUT2D eigenvalue weighted by molar-refractivity contribution is 5.63. The van der Waals surface area contributed by atoms with Gasteiger partial charge in [0, 0.05) is 18.8 Å². The summed E-state index contributed by atoms with van der Waals surface area (Å²) in [5.74, 6) is 0. The minimum Gasteiger partial charge on any atom is -0.399 e. The van der Waals surface area contributed by atoms with Crippen LogP contribution in [0, 0.1) is 11.3 Å². The predicted molar refractivity (Wildman–Crippen MR) is 63.0 cm³/mol. The van der Waals surface area contributed by atoms with Gasteiger partial charge in [-0.05, 0) is 31.0 Å². The van der Waals surface area contributed by atoms with E-state index in [0.29, 0.717) is 23.4 Å². The van der Waals surface area contributed by atoms with Crippen molar-refractivity contribution in [3.05, 3.63) is 23.8 Å². The van der Waals surface area contributed by atoms with Gasteiger partial charge in [0.25, 0.3) is 0 Å². The first-order valence-electron chi connectivity index (χ1n) is 5.32. The predicted octanol–water partition coefficient (Wildman–Crippen LogP) is 1.73. The SMILES string of the molecule is COC1CC(Nc2ccc(N)cc2C#N)C1. The molecule has 3 N–H and O–H groups in total. The fraction of sp³-hybridized carbons (Fsp3) is 0.417. The highest BCUT2D eigenvalue weighted by atomic mass is 16.5. The molecule has 1 aliphatic carbocycles. The monoisotopic (exact) mass is 217 g/mol. The number of ether oxygens (including phenoxy) is 1. The molecule has 2 rings (SSSR count). The standard InChI is InChI=1S/C12H15N3O/c1-16-11-5-10(6-11)15-12-3-2-9(14)4-8(12)7-13/h2-4,10-11,15H,5-6,14H2,1H3. The summed E-state index contributed by atoms with van der Waals surface area (Å²) in [4.78, 5) is 0. The number of methoxy groups -OCH3 is 1. The van der Waals surface area contributed by atoms with Crippen LogP contribution in [0.4, 0.5) is 11.4 Å². The lowest BCUT2D eigenvalue weighted by atomic mass is 9.89. The molecule has 4 nitrogen and oxygen atoms in total. The molecule has 0 amide bonds. The Morgan fingerprint density at radius 1 is 1.50 bits per heavy atom. The van der Waals surface area contributed by atoms with Crippen LogP contribution in [0.15, 0.2) is 18.2 Å². The fourth-order valence-electron chi connectivity index (χ4n) is 1.88. The fourth-order valence-corrected chi connectivity index (χ4v) is 1.88. The quantitative estimate of drug-likeness (QED) is 0.756. The van der Waals surface area contributed by atoms with Gasteiger partial charge in [0.1, 0.15) is 6.07 Å². The molecule has 1 fully saturated rings. The van der Waals surface area contributed by atoms with Gasteiger partial charge in [0.05, 0.1) is 17.4 Å². The van der Waals surface area contributed by atoms with E-state index in [0.717, 1.165) is 18.5 Å². The van der Waals surface area contributed by atoms with Gasteiger partial charge in [0.15, 0.2) is 0 Å². The lowest BCUT2D eigenvalue weighted by Crippen LogP contribution is -2.40. The summed E-state index contributed by atoms with van der Waals surface area (Å²) < 4.78 is 5.20. The molecule has 0 heterocycles. The third kappa shape index (κ3) is 2.10. The highest BCUT2D eigenvalue weighted by Crippen LogP contribution is 2.28. The van der Waals surface area contributed by atoms with Gasteiger partial charge in [-0.1, -0.05) is 0 Å². The normalized spacial score (nSPS) is 23.2. The second-order valence-corrected chi connectivity index (χ2v) is 4.09. The second-order valence-electron chi connectivity index (χ2n) is 4.09. The van der Waals surface area contributed by atoms with Gasteiger partial charge >= 0.3 is 0 Å². The first-order valence-corrected chi connectivity index (χ1v) is 5.32. The van der Waals surface area contributed by atoms with Gasteiger partial charge < -0.3 is 15.8 Å². The van der Waals surface area contributed by atoms with E-state index in [2.05, 4.69) is 11.4 Å². The van der Waals surface area contributed by atoms with Crippen molar-refractivity contribution >= 4 is 11.4 Å². The van der Waals surface area contributed by atoms with Gasteiger partial charge in [-0.2, -0.15) is 5.26 Å². The molecule has 0 radical (unpaired) electrons. The number of nitrogens with one attached hydrogen (secondary N) is 1. The van der Waals surface area contributed by atoms with Gasteiger partial charge in [-0.3, -0.25) is 0 Å². The molecule has 0 aromatic heterocycles. The Morgan fingerprint density at radius 2 is 2.25 bits per heavy atom. The molecule has 0 unspecified atom stereocenters. The van der Waals surface area contributed by atoms with Crippen LogP contribution in [0.2, 0.25) is 0 Å². The minimum atomic E-state index is 0.358. The number of anilines is 2. The summed E-state index contributed by atoms with van der Waals surface area (Å²) in [6.45, 7) is 0. The number of rotatable bonds is 3. The van der Waals surface area contributed by atoms with E-state index in [4.69, 9.17) is 15.7 Å². The summed E-state index contributed by atoms with van der Waals surface area (Å²) in [6, 6.07) is 7.89. The maximum Gasteiger partial charge on any atom is 0.101 e. The smallest absolute Gasteiger partial charge is 0.101 e. The van der Waals surface area contributed by atoms with Gasteiger partial charge in [-0.15, -0.1) is 0 Å². The van der Waals surface area contributed by atoms with Crippen LogP contribution in [-0.2, 0) is 4.74 Å². The van der Waals surface area contributed by atoms with Crippen LogP contribution in [-0.4, -0.2) is 19.3 Å². The Balaban J connectivity index is 2.03. The number of hydrogen-bond acceptors (Lipinski definition) is 4. The Morgan fingerprint density at radius 3 is 2.88 bits per heavy atom. The number of hydrogen-bond donors (Lipinski definition) is 2. The minimum absolute atomic E-state index is 0.358. The van der Waals surface area contributed by atoms with E-state index in [1.54, 1.807) is 19.2 Å². The summed E-state index contributed by atoms with van der Waals surface area (Å²) in [5, 5.41) is 12.3. The molecule has 0 saturated heterocycles. The Hall–Kier alpha value is -1.73. The molecule has 4 heteroatoms. The van der Waals surface area contributed by atoms with Crippen LogP contribution >= 0.6 is 0 Å². The van der Waals surface area contributed by atoms with E-state index in [1.165, 1.54) is 0 Å². The molecule has 1 saturated carbocycles. The lowest BCUT2D eigenvalue weighted by molar-refractivity contribution is 0.0328. The van der Waals surface area contributed by atoms with E-state index in [-0.39, 0.29) is 0 Å². The zero-order valence-corrected chi connectivity index (χ0v) is 9.23. The zero-order valence-electron chi connectivity index (χ0n) is 9.23. The summed E-state index contributed by atoms with van der Waals surface area (Å²) in [5.41, 5.74) is 7.70. The first kappa shape index (κ1) is 10.8. The second kappa shape index (κ2) is 4.42. The molecule has 84 valence electrons. The maximum absolute atomic E-state index is 8.97. The molecule has 1 aromatic rings. The third-order valence-electron chi connectivity index (χ3n) is 2.95. The van der Waals surface area contributed by atoms with E-state index in [9.17, 15) is 0 Å². The molecule has 1 aromatic carbocycles. The highest BCUT2D eigenvalue weighted by Gasteiger charge is 2.29. The molecule has 0 atom stereocenters. The first-order chi connectivity index (χ1) is 7.72. The van der Waals surface area contributed by atoms with Crippen LogP contribution in [0.1, 0.15) is 18.4 Å². The molecule has 16 heavy (non-hydrogen) atoms. The average Bonchev–Trinajstić information content (AvgIpc) is 2.24. The molecule has 1 aliphatic rings. The number of benzene rings is 1. The van der Waals surface area contributed by atoms with Crippen LogP contribution in [0.5, 0.6) is 0 Å². The van der Waals surface area contributed by atoms with E-state index < -0.39 is 0 Å². The van der Waals surface area contributed by atoms with Crippen LogP contribution in [0.25, 0.3) is 0 Å². The van der Waals surface area contributed by atoms with Crippen molar-refractivity contribution < 1.29 is 4.74 Å². The summed E-state index contributed by atoms with van der Waals surface area (Å²) >= 11 is 0. The van der Waals surface area contributed by atoms with Crippen molar-refractivity contribution in [2.24, 2.45) is 0 Å². The molecule has 0 bridgehead atoms. The number of nitrogen functional groups attached to an aromatic ring is 1. The van der Waals surface area contributed by atoms with Crippen molar-refractivity contribution in [1.82, 2.24) is 0 Å². The molecular formula is C12H15N3O. The third-order valence-corrected chi connectivity index (χ3v) is 2.95. The van der Waals surface area contributed by atoms with Crippen molar-refractivity contribution in [3.8, 4) is 6.07 Å². The van der Waals surface area contributed by atoms with Gasteiger partial charge in [0.2, 0.25) is 0 Å². The van der Waals surface area contributed by atoms with Crippen molar-refractivity contribution in [3.63, 3.8) is 0 Å². The Bertz CT molecular complexity index is 419. The molecule has 0 spiro atoms. The number of nitriles is 1. The van der Waals surface area contributed by atoms with Crippen LogP contribution < -0.4 is 11.1 Å². The van der Waals surface area contributed by atoms with Crippen molar-refractivity contribution in [1.29, 1.82) is 5.26 Å². The topological polar surface area (TPSA) is 71.1 Å². The summed E-state index contributed by atoms with van der Waals surface area (Å²) in [6.07, 6.45) is 2.34. The molecule has 0 aliphatic heterocycles. The Labute approximate surface area is 95.0 Å². The largest absolute Gasteiger partial charge is 0.399 e. The van der Waals surface area contributed by atoms with Crippen molar-refractivity contribution in [2.45, 2.75) is 25.0 Å². The van der Waals surface area contributed by atoms with Crippen LogP contribution in [0.3, 0.4) is 0 Å². The van der Waals surface area contributed by atoms with Gasteiger partial charge in [-0.25, -0.2) is 0 Å². The van der Waals surface area contributed by atoms with Crippen molar-refractivity contribution in [2.75, 3.05) is 18.2 Å². The summed E-state index contributed by atoms with van der Waals surface area (Å²) in [7, 11) is 1.73. The van der Waals surface area contributed by atoms with E-state index >= 15 is 0 Å². The maximum atomic E-state index is 8.97. The average molecular weight is 217 g/mol. The lowest BCUT2D eigenvalue weighted by Gasteiger charge is -2.35. The zero-order chi connectivity index (χ0) is 11.5. The number of nitrogens with two attached hydrogens (primary N) is 1. The molecular weight excluding hydrogens is 202 g/mol. The Kier molecular flexibility index (Phi) is 2.97. The van der Waals surface area contributed by atoms with E-state index in [1.807, 2.05) is 6.07 Å².